The van der Waals surface area contributed by atoms with E-state index in [0.717, 1.165) is 29.0 Å². The summed E-state index contributed by atoms with van der Waals surface area (Å²) in [6.07, 6.45) is 2.29. The van der Waals surface area contributed by atoms with Crippen LogP contribution in [0.3, 0.4) is 0 Å². The van der Waals surface area contributed by atoms with Crippen molar-refractivity contribution in [2.45, 2.75) is 32.4 Å². The zero-order valence-corrected chi connectivity index (χ0v) is 13.1. The van der Waals surface area contributed by atoms with Crippen molar-refractivity contribution < 1.29 is 0 Å². The normalized spacial score (nSPS) is 23.3. The lowest BCUT2D eigenvalue weighted by atomic mass is 10.0. The van der Waals surface area contributed by atoms with E-state index in [4.69, 9.17) is 12.2 Å². The van der Waals surface area contributed by atoms with E-state index in [0.29, 0.717) is 0 Å². The molecule has 0 bridgehead atoms. The third-order valence-corrected chi connectivity index (χ3v) is 3.91. The average Bonchev–Trinajstić information content (AvgIpc) is 2.63. The Morgan fingerprint density at radius 2 is 2.22 bits per heavy atom. The Bertz CT molecular complexity index is 452. The van der Waals surface area contributed by atoms with Gasteiger partial charge >= 0.3 is 0 Å². The van der Waals surface area contributed by atoms with E-state index >= 15 is 0 Å². The molecule has 1 aromatic carbocycles. The minimum absolute atomic E-state index is 0.325. The van der Waals surface area contributed by atoms with Crippen molar-refractivity contribution in [2.75, 3.05) is 6.54 Å². The molecule has 0 saturated carbocycles. The van der Waals surface area contributed by atoms with Crippen LogP contribution >= 0.6 is 28.1 Å². The van der Waals surface area contributed by atoms with E-state index in [1.807, 2.05) is 17.1 Å². The average molecular weight is 328 g/mol. The first-order chi connectivity index (χ1) is 8.55. The van der Waals surface area contributed by atoms with Crippen LogP contribution in [0.15, 0.2) is 28.7 Å². The van der Waals surface area contributed by atoms with Crippen molar-refractivity contribution >= 4 is 33.3 Å². The van der Waals surface area contributed by atoms with Crippen LogP contribution < -0.4 is 10.7 Å². The molecule has 0 spiro atoms. The zero-order chi connectivity index (χ0) is 13.2. The molecule has 1 aromatic rings. The van der Waals surface area contributed by atoms with Gasteiger partial charge in [0.2, 0.25) is 0 Å². The molecular weight excluding hydrogens is 310 g/mol. The van der Waals surface area contributed by atoms with Crippen LogP contribution in [0.4, 0.5) is 0 Å². The van der Waals surface area contributed by atoms with Crippen LogP contribution in [0, 0.1) is 0 Å². The molecule has 2 rings (SSSR count). The third-order valence-electron chi connectivity index (χ3n) is 3.10. The molecular formula is C13H18BrN3S. The first-order valence-corrected chi connectivity index (χ1v) is 7.39. The maximum absolute atomic E-state index is 5.38. The Morgan fingerprint density at radius 1 is 1.44 bits per heavy atom. The Morgan fingerprint density at radius 3 is 2.89 bits per heavy atom. The van der Waals surface area contributed by atoms with E-state index < -0.39 is 0 Å². The minimum atomic E-state index is -0.325. The number of thiocarbonyl (C=S) groups is 1. The molecule has 0 aromatic heterocycles. The Hall–Kier alpha value is -0.650. The van der Waals surface area contributed by atoms with Gasteiger partial charge in [0.25, 0.3) is 0 Å². The van der Waals surface area contributed by atoms with Crippen LogP contribution in [0.25, 0.3) is 0 Å². The van der Waals surface area contributed by atoms with Crippen LogP contribution in [0.1, 0.15) is 32.3 Å². The monoisotopic (exact) mass is 327 g/mol. The summed E-state index contributed by atoms with van der Waals surface area (Å²) < 4.78 is 1.07. The van der Waals surface area contributed by atoms with Crippen molar-refractivity contribution in [1.82, 2.24) is 15.8 Å². The lowest BCUT2D eigenvalue weighted by Gasteiger charge is -2.26. The molecule has 1 aliphatic heterocycles. The fourth-order valence-electron chi connectivity index (χ4n) is 2.04. The number of hydrogen-bond acceptors (Lipinski definition) is 2. The predicted molar refractivity (Wildman–Crippen MR) is 82.0 cm³/mol. The summed E-state index contributed by atoms with van der Waals surface area (Å²) in [5.41, 5.74) is 4.30. The highest BCUT2D eigenvalue weighted by atomic mass is 79.9. The van der Waals surface area contributed by atoms with Gasteiger partial charge in [-0.3, -0.25) is 5.01 Å². The van der Waals surface area contributed by atoms with E-state index in [1.165, 1.54) is 5.56 Å². The van der Waals surface area contributed by atoms with Crippen LogP contribution in [-0.4, -0.2) is 16.7 Å². The summed E-state index contributed by atoms with van der Waals surface area (Å²) in [5, 5.41) is 6.16. The third kappa shape index (κ3) is 2.84. The number of nitrogens with one attached hydrogen (secondary N) is 2. The number of unbranched alkanes of at least 4 members (excludes halogenated alkanes) is 1. The van der Waals surface area contributed by atoms with Gasteiger partial charge in [-0.15, -0.1) is 0 Å². The largest absolute Gasteiger partial charge is 0.338 e. The number of halogens is 1. The second-order valence-electron chi connectivity index (χ2n) is 4.68. The summed E-state index contributed by atoms with van der Waals surface area (Å²) in [5.74, 6) is 0. The van der Waals surface area contributed by atoms with Gasteiger partial charge in [0.1, 0.15) is 5.66 Å². The molecule has 5 heteroatoms. The molecule has 98 valence electrons. The summed E-state index contributed by atoms with van der Waals surface area (Å²) in [4.78, 5) is 0. The lowest BCUT2D eigenvalue weighted by Crippen LogP contribution is -2.45. The van der Waals surface area contributed by atoms with Crippen molar-refractivity contribution in [1.29, 1.82) is 0 Å². The van der Waals surface area contributed by atoms with Gasteiger partial charge in [-0.05, 0) is 43.3 Å². The van der Waals surface area contributed by atoms with E-state index in [9.17, 15) is 0 Å². The van der Waals surface area contributed by atoms with Crippen molar-refractivity contribution in [3.8, 4) is 0 Å². The molecule has 0 aliphatic carbocycles. The molecule has 1 fully saturated rings. The molecule has 0 amide bonds. The van der Waals surface area contributed by atoms with Crippen LogP contribution in [0.2, 0.25) is 0 Å². The molecule has 2 N–H and O–H groups in total. The van der Waals surface area contributed by atoms with E-state index in [-0.39, 0.29) is 5.66 Å². The van der Waals surface area contributed by atoms with Gasteiger partial charge < -0.3 is 5.32 Å². The highest BCUT2D eigenvalue weighted by Crippen LogP contribution is 2.25. The van der Waals surface area contributed by atoms with Gasteiger partial charge in [0.05, 0.1) is 0 Å². The van der Waals surface area contributed by atoms with Gasteiger partial charge in [-0.2, -0.15) is 0 Å². The summed E-state index contributed by atoms with van der Waals surface area (Å²) in [6, 6.07) is 8.25. The molecule has 1 aliphatic rings. The second-order valence-corrected chi connectivity index (χ2v) is 5.98. The SMILES string of the molecule is CCCCN1NC(C)(c2cccc(Br)c2)NC1=S. The highest BCUT2D eigenvalue weighted by Gasteiger charge is 2.36. The summed E-state index contributed by atoms with van der Waals surface area (Å²) in [7, 11) is 0. The van der Waals surface area contributed by atoms with Crippen molar-refractivity contribution in [3.05, 3.63) is 34.3 Å². The molecule has 1 heterocycles. The minimum Gasteiger partial charge on any atom is -0.338 e. The molecule has 18 heavy (non-hydrogen) atoms. The fourth-order valence-corrected chi connectivity index (χ4v) is 2.78. The second kappa shape index (κ2) is 5.55. The molecule has 1 saturated heterocycles. The van der Waals surface area contributed by atoms with Gasteiger partial charge in [-0.1, -0.05) is 41.4 Å². The maximum atomic E-state index is 5.38. The zero-order valence-electron chi connectivity index (χ0n) is 10.7. The topological polar surface area (TPSA) is 27.3 Å². The summed E-state index contributed by atoms with van der Waals surface area (Å²) in [6.45, 7) is 5.22. The molecule has 1 unspecified atom stereocenters. The Balaban J connectivity index is 2.16. The first kappa shape index (κ1) is 13.8. The quantitative estimate of drug-likeness (QED) is 0.831. The van der Waals surface area contributed by atoms with E-state index in [1.54, 1.807) is 0 Å². The Kier molecular flexibility index (Phi) is 4.25. The standard InChI is InChI=1S/C13H18BrN3S/c1-3-4-8-17-12(18)15-13(2,16-17)10-6-5-7-11(14)9-10/h5-7,9,16H,3-4,8H2,1-2H3,(H,15,18). The Labute approximate surface area is 122 Å². The first-order valence-electron chi connectivity index (χ1n) is 6.19. The van der Waals surface area contributed by atoms with Crippen LogP contribution in [-0.2, 0) is 5.66 Å². The number of hydrogen-bond donors (Lipinski definition) is 2. The number of hydrazine groups is 1. The number of rotatable bonds is 4. The molecule has 1 atom stereocenters. The van der Waals surface area contributed by atoms with Crippen molar-refractivity contribution in [3.63, 3.8) is 0 Å². The van der Waals surface area contributed by atoms with E-state index in [2.05, 4.69) is 52.7 Å². The van der Waals surface area contributed by atoms with Gasteiger partial charge in [-0.25, -0.2) is 5.43 Å². The van der Waals surface area contributed by atoms with Crippen LogP contribution in [0.5, 0.6) is 0 Å². The van der Waals surface area contributed by atoms with Crippen molar-refractivity contribution in [2.24, 2.45) is 0 Å². The number of nitrogens with zero attached hydrogens (tertiary/aromatic N) is 1. The summed E-state index contributed by atoms with van der Waals surface area (Å²) >= 11 is 8.88. The molecule has 0 radical (unpaired) electrons. The predicted octanol–water partition coefficient (Wildman–Crippen LogP) is 3.12. The lowest BCUT2D eigenvalue weighted by molar-refractivity contribution is 0.233. The maximum Gasteiger partial charge on any atom is 0.185 e. The van der Waals surface area contributed by atoms with Gasteiger partial charge in [0.15, 0.2) is 5.11 Å². The molecule has 3 nitrogen and oxygen atoms in total. The highest BCUT2D eigenvalue weighted by molar-refractivity contribution is 9.10. The number of benzene rings is 1. The smallest absolute Gasteiger partial charge is 0.185 e. The van der Waals surface area contributed by atoms with Gasteiger partial charge in [0, 0.05) is 11.0 Å². The fraction of sp³-hybridized carbons (Fsp3) is 0.462.